The normalized spacial score (nSPS) is 14.1. The van der Waals surface area contributed by atoms with Crippen molar-refractivity contribution in [3.8, 4) is 0 Å². The maximum absolute atomic E-state index is 12.6. The van der Waals surface area contributed by atoms with Gasteiger partial charge in [0.15, 0.2) is 0 Å². The second-order valence-electron chi connectivity index (χ2n) is 6.52. The molecular weight excluding hydrogens is 320 g/mol. The molecule has 1 aliphatic heterocycles. The molecule has 1 fully saturated rings. The van der Waals surface area contributed by atoms with Crippen LogP contribution in [-0.2, 0) is 0 Å². The average Bonchev–Trinajstić information content (AvgIpc) is 3.05. The first kappa shape index (κ1) is 16.8. The molecule has 3 rings (SSSR count). The Balaban J connectivity index is 1.95. The average molecular weight is 343 g/mol. The molecule has 1 N–H and O–H groups in total. The number of halogens is 1. The molecule has 0 aliphatic carbocycles. The fraction of sp³-hybridized carbons (Fsp3) is 0.350. The van der Waals surface area contributed by atoms with Crippen LogP contribution in [0.1, 0.15) is 39.9 Å². The molecule has 2 aromatic carbocycles. The van der Waals surface area contributed by atoms with Crippen LogP contribution in [0.3, 0.4) is 0 Å². The number of rotatable bonds is 3. The highest BCUT2D eigenvalue weighted by molar-refractivity contribution is 6.31. The molecule has 1 saturated heterocycles. The van der Waals surface area contributed by atoms with Crippen LogP contribution in [-0.4, -0.2) is 19.0 Å². The van der Waals surface area contributed by atoms with E-state index in [1.165, 1.54) is 24.1 Å². The van der Waals surface area contributed by atoms with Gasteiger partial charge in [-0.3, -0.25) is 4.79 Å². The first-order chi connectivity index (χ1) is 11.5. The third-order valence-corrected chi connectivity index (χ3v) is 4.91. The number of benzene rings is 2. The van der Waals surface area contributed by atoms with E-state index in [0.29, 0.717) is 10.6 Å². The van der Waals surface area contributed by atoms with Gasteiger partial charge in [-0.25, -0.2) is 0 Å². The van der Waals surface area contributed by atoms with Gasteiger partial charge in [0, 0.05) is 35.1 Å². The van der Waals surface area contributed by atoms with E-state index in [4.69, 9.17) is 11.6 Å². The minimum atomic E-state index is -0.125. The van der Waals surface area contributed by atoms with Crippen molar-refractivity contribution in [3.63, 3.8) is 0 Å². The SMILES string of the molecule is Cc1cc(C)c(N2CCCC2)c(C)c1NC(=O)c1cccc(Cl)c1. The highest BCUT2D eigenvalue weighted by Crippen LogP contribution is 2.35. The Hall–Kier alpha value is -2.00. The third kappa shape index (κ3) is 3.27. The van der Waals surface area contributed by atoms with Gasteiger partial charge < -0.3 is 10.2 Å². The lowest BCUT2D eigenvalue weighted by Gasteiger charge is -2.26. The zero-order valence-corrected chi connectivity index (χ0v) is 15.2. The Labute approximate surface area is 148 Å². The number of nitrogens with one attached hydrogen (secondary N) is 1. The van der Waals surface area contributed by atoms with Gasteiger partial charge >= 0.3 is 0 Å². The van der Waals surface area contributed by atoms with Crippen molar-refractivity contribution >= 4 is 28.9 Å². The van der Waals surface area contributed by atoms with Crippen LogP contribution in [0, 0.1) is 20.8 Å². The van der Waals surface area contributed by atoms with Crippen LogP contribution in [0.2, 0.25) is 5.02 Å². The van der Waals surface area contributed by atoms with E-state index >= 15 is 0 Å². The first-order valence-corrected chi connectivity index (χ1v) is 8.78. The Bertz CT molecular complexity index is 779. The van der Waals surface area contributed by atoms with Crippen molar-refractivity contribution in [2.24, 2.45) is 0 Å². The molecule has 2 aromatic rings. The van der Waals surface area contributed by atoms with E-state index in [2.05, 4.69) is 30.1 Å². The van der Waals surface area contributed by atoms with Gasteiger partial charge in [0.2, 0.25) is 0 Å². The number of hydrogen-bond acceptors (Lipinski definition) is 2. The molecule has 0 aromatic heterocycles. The zero-order chi connectivity index (χ0) is 17.3. The second-order valence-corrected chi connectivity index (χ2v) is 6.95. The molecule has 1 heterocycles. The van der Waals surface area contributed by atoms with Gasteiger partial charge in [0.25, 0.3) is 5.91 Å². The topological polar surface area (TPSA) is 32.3 Å². The molecule has 0 unspecified atom stereocenters. The van der Waals surface area contributed by atoms with Crippen molar-refractivity contribution in [1.82, 2.24) is 0 Å². The number of hydrogen-bond donors (Lipinski definition) is 1. The summed E-state index contributed by atoms with van der Waals surface area (Å²) in [6, 6.07) is 9.20. The zero-order valence-electron chi connectivity index (χ0n) is 14.4. The standard InChI is InChI=1S/C20H23ClN2O/c1-13-11-14(2)19(23-9-4-5-10-23)15(3)18(13)22-20(24)16-7-6-8-17(21)12-16/h6-8,11-12H,4-5,9-10H2,1-3H3,(H,22,24). The summed E-state index contributed by atoms with van der Waals surface area (Å²) in [4.78, 5) is 15.0. The van der Waals surface area contributed by atoms with Crippen molar-refractivity contribution < 1.29 is 4.79 Å². The van der Waals surface area contributed by atoms with Crippen molar-refractivity contribution in [3.05, 3.63) is 57.6 Å². The summed E-state index contributed by atoms with van der Waals surface area (Å²) < 4.78 is 0. The van der Waals surface area contributed by atoms with Gasteiger partial charge in [-0.1, -0.05) is 23.7 Å². The van der Waals surface area contributed by atoms with E-state index in [-0.39, 0.29) is 5.91 Å². The predicted octanol–water partition coefficient (Wildman–Crippen LogP) is 5.12. The molecule has 0 atom stereocenters. The van der Waals surface area contributed by atoms with Gasteiger partial charge in [-0.2, -0.15) is 0 Å². The Morgan fingerprint density at radius 2 is 1.79 bits per heavy atom. The lowest BCUT2D eigenvalue weighted by molar-refractivity contribution is 0.102. The van der Waals surface area contributed by atoms with Gasteiger partial charge in [-0.15, -0.1) is 0 Å². The van der Waals surface area contributed by atoms with Crippen LogP contribution in [0.4, 0.5) is 11.4 Å². The molecule has 0 spiro atoms. The Morgan fingerprint density at radius 3 is 2.46 bits per heavy atom. The highest BCUT2D eigenvalue weighted by atomic mass is 35.5. The Morgan fingerprint density at radius 1 is 1.08 bits per heavy atom. The van der Waals surface area contributed by atoms with E-state index in [1.54, 1.807) is 24.3 Å². The lowest BCUT2D eigenvalue weighted by Crippen LogP contribution is -2.22. The van der Waals surface area contributed by atoms with Gasteiger partial charge in [0.1, 0.15) is 0 Å². The van der Waals surface area contributed by atoms with Crippen LogP contribution in [0.5, 0.6) is 0 Å². The summed E-state index contributed by atoms with van der Waals surface area (Å²) in [5, 5.41) is 3.66. The number of aryl methyl sites for hydroxylation is 2. The number of carbonyl (C=O) groups excluding carboxylic acids is 1. The fourth-order valence-corrected chi connectivity index (χ4v) is 3.80. The highest BCUT2D eigenvalue weighted by Gasteiger charge is 2.20. The van der Waals surface area contributed by atoms with Crippen molar-refractivity contribution in [2.75, 3.05) is 23.3 Å². The van der Waals surface area contributed by atoms with Crippen molar-refractivity contribution in [1.29, 1.82) is 0 Å². The molecule has 3 nitrogen and oxygen atoms in total. The second kappa shape index (κ2) is 6.86. The molecule has 4 heteroatoms. The van der Waals surface area contributed by atoms with Crippen LogP contribution >= 0.6 is 11.6 Å². The molecule has 0 radical (unpaired) electrons. The largest absolute Gasteiger partial charge is 0.371 e. The quantitative estimate of drug-likeness (QED) is 0.839. The van der Waals surface area contributed by atoms with Gasteiger partial charge in [-0.05, 0) is 68.5 Å². The number of carbonyl (C=O) groups is 1. The molecule has 1 aliphatic rings. The molecule has 24 heavy (non-hydrogen) atoms. The number of amides is 1. The molecule has 126 valence electrons. The van der Waals surface area contributed by atoms with E-state index in [0.717, 1.165) is 29.9 Å². The fourth-order valence-electron chi connectivity index (χ4n) is 3.61. The summed E-state index contributed by atoms with van der Waals surface area (Å²) in [6.07, 6.45) is 2.47. The summed E-state index contributed by atoms with van der Waals surface area (Å²) in [5.74, 6) is -0.125. The van der Waals surface area contributed by atoms with Crippen LogP contribution in [0.25, 0.3) is 0 Å². The molecule has 1 amide bonds. The van der Waals surface area contributed by atoms with Crippen molar-refractivity contribution in [2.45, 2.75) is 33.6 Å². The Kier molecular flexibility index (Phi) is 4.81. The molecular formula is C20H23ClN2O. The maximum Gasteiger partial charge on any atom is 0.255 e. The van der Waals surface area contributed by atoms with E-state index in [9.17, 15) is 4.79 Å². The van der Waals surface area contributed by atoms with Crippen LogP contribution in [0.15, 0.2) is 30.3 Å². The van der Waals surface area contributed by atoms with Gasteiger partial charge in [0.05, 0.1) is 0 Å². The predicted molar refractivity (Wildman–Crippen MR) is 102 cm³/mol. The van der Waals surface area contributed by atoms with E-state index in [1.807, 2.05) is 6.92 Å². The number of anilines is 2. The summed E-state index contributed by atoms with van der Waals surface area (Å²) in [7, 11) is 0. The smallest absolute Gasteiger partial charge is 0.255 e. The first-order valence-electron chi connectivity index (χ1n) is 8.40. The van der Waals surface area contributed by atoms with Crippen LogP contribution < -0.4 is 10.2 Å². The molecule has 0 bridgehead atoms. The lowest BCUT2D eigenvalue weighted by atomic mass is 10.0. The molecule has 0 saturated carbocycles. The monoisotopic (exact) mass is 342 g/mol. The summed E-state index contributed by atoms with van der Waals surface area (Å²) in [5.41, 5.74) is 6.25. The minimum Gasteiger partial charge on any atom is -0.371 e. The third-order valence-electron chi connectivity index (χ3n) is 4.68. The number of nitrogens with zero attached hydrogens (tertiary/aromatic N) is 1. The maximum atomic E-state index is 12.6. The minimum absolute atomic E-state index is 0.125. The summed E-state index contributed by atoms with van der Waals surface area (Å²) in [6.45, 7) is 8.47. The summed E-state index contributed by atoms with van der Waals surface area (Å²) >= 11 is 6.00. The van der Waals surface area contributed by atoms with E-state index < -0.39 is 0 Å².